The van der Waals surface area contributed by atoms with Gasteiger partial charge in [-0.2, -0.15) is 0 Å². The first-order valence-electron chi connectivity index (χ1n) is 10.8. The summed E-state index contributed by atoms with van der Waals surface area (Å²) >= 11 is 1.32. The second kappa shape index (κ2) is 8.65. The molecule has 5 nitrogen and oxygen atoms in total. The number of benzene rings is 2. The minimum atomic E-state index is 0.101. The number of hydrogen-bond donors (Lipinski definition) is 2. The second-order valence-electron chi connectivity index (χ2n) is 8.25. The number of aromatic nitrogens is 2. The number of thiazole rings is 1. The molecule has 2 aromatic carbocycles. The van der Waals surface area contributed by atoms with Gasteiger partial charge in [0.05, 0.1) is 10.6 Å². The van der Waals surface area contributed by atoms with Crippen molar-refractivity contribution < 1.29 is 4.79 Å². The van der Waals surface area contributed by atoms with Crippen LogP contribution in [0.2, 0.25) is 0 Å². The minimum Gasteiger partial charge on any atom is -0.375 e. The lowest BCUT2D eigenvalue weighted by atomic mass is 9.89. The Labute approximate surface area is 185 Å². The molecule has 0 aliphatic carbocycles. The maximum Gasteiger partial charge on any atom is 0.180 e. The molecule has 1 fully saturated rings. The Hall–Kier alpha value is -2.96. The van der Waals surface area contributed by atoms with E-state index in [0.717, 1.165) is 37.2 Å². The molecule has 0 radical (unpaired) electrons. The smallest absolute Gasteiger partial charge is 0.180 e. The number of hydrogen-bond acceptors (Lipinski definition) is 5. The van der Waals surface area contributed by atoms with E-state index in [1.807, 2.05) is 30.3 Å². The van der Waals surface area contributed by atoms with E-state index in [1.165, 1.54) is 27.8 Å². The molecule has 0 amide bonds. The van der Waals surface area contributed by atoms with Crippen LogP contribution in [0.15, 0.2) is 60.8 Å². The number of carbonyl (C=O) groups excluding carboxylic acids is 1. The number of carbonyl (C=O) groups is 1. The van der Waals surface area contributed by atoms with Crippen LogP contribution in [-0.2, 0) is 13.0 Å². The SMILES string of the molecule is Nc1nc(CN2CCC(c3c[nH]c4ccccc34)CC2)c(C(=O)Cc2ccccc2)s1. The van der Waals surface area contributed by atoms with Crippen molar-refractivity contribution in [3.63, 3.8) is 0 Å². The average molecular weight is 431 g/mol. The zero-order valence-corrected chi connectivity index (χ0v) is 18.2. The van der Waals surface area contributed by atoms with Crippen molar-refractivity contribution in [2.45, 2.75) is 31.7 Å². The molecule has 4 aromatic rings. The number of nitrogens with two attached hydrogens (primary N) is 1. The third-order valence-electron chi connectivity index (χ3n) is 6.20. The lowest BCUT2D eigenvalue weighted by molar-refractivity contribution is 0.0994. The maximum absolute atomic E-state index is 12.9. The van der Waals surface area contributed by atoms with Crippen LogP contribution in [-0.4, -0.2) is 33.7 Å². The summed E-state index contributed by atoms with van der Waals surface area (Å²) in [5.74, 6) is 0.663. The highest BCUT2D eigenvalue weighted by Crippen LogP contribution is 2.34. The van der Waals surface area contributed by atoms with E-state index in [1.54, 1.807) is 0 Å². The Balaban J connectivity index is 1.25. The molecule has 31 heavy (non-hydrogen) atoms. The Morgan fingerprint density at radius 1 is 1.10 bits per heavy atom. The van der Waals surface area contributed by atoms with Crippen molar-refractivity contribution in [2.24, 2.45) is 0 Å². The van der Waals surface area contributed by atoms with Gasteiger partial charge in [-0.15, -0.1) is 0 Å². The summed E-state index contributed by atoms with van der Waals surface area (Å²) in [5.41, 5.74) is 10.5. The van der Waals surface area contributed by atoms with E-state index in [2.05, 4.69) is 45.3 Å². The summed E-state index contributed by atoms with van der Waals surface area (Å²) < 4.78 is 0. The Bertz CT molecular complexity index is 1190. The summed E-state index contributed by atoms with van der Waals surface area (Å²) in [5, 5.41) is 1.81. The highest BCUT2D eigenvalue weighted by atomic mass is 32.1. The fourth-order valence-corrected chi connectivity index (χ4v) is 5.38. The normalized spacial score (nSPS) is 15.5. The van der Waals surface area contributed by atoms with Gasteiger partial charge in [-0.05, 0) is 49.0 Å². The molecule has 0 bridgehead atoms. The number of aromatic amines is 1. The standard InChI is InChI=1S/C25H26N4OS/c26-25-28-22(24(31-25)23(30)14-17-6-2-1-3-7-17)16-29-12-10-18(11-13-29)20-15-27-21-9-5-4-8-19(20)21/h1-9,15,18,27H,10-14,16H2,(H2,26,28). The van der Waals surface area contributed by atoms with Gasteiger partial charge in [-0.1, -0.05) is 59.9 Å². The fraction of sp³-hybridized carbons (Fsp3) is 0.280. The number of H-pyrrole nitrogens is 1. The summed E-state index contributed by atoms with van der Waals surface area (Å²) in [7, 11) is 0. The fourth-order valence-electron chi connectivity index (χ4n) is 4.60. The summed E-state index contributed by atoms with van der Waals surface area (Å²) in [6.45, 7) is 2.67. The highest BCUT2D eigenvalue weighted by Gasteiger charge is 2.25. The molecule has 5 rings (SSSR count). The van der Waals surface area contributed by atoms with E-state index >= 15 is 0 Å². The van der Waals surface area contributed by atoms with Crippen molar-refractivity contribution >= 4 is 33.2 Å². The van der Waals surface area contributed by atoms with E-state index < -0.39 is 0 Å². The van der Waals surface area contributed by atoms with Crippen LogP contribution in [0, 0.1) is 0 Å². The molecule has 0 saturated carbocycles. The van der Waals surface area contributed by atoms with Crippen molar-refractivity contribution in [3.8, 4) is 0 Å². The number of fused-ring (bicyclic) bond motifs is 1. The molecule has 1 aliphatic heterocycles. The number of rotatable bonds is 6. The molecule has 1 saturated heterocycles. The third kappa shape index (κ3) is 4.27. The Morgan fingerprint density at radius 3 is 2.65 bits per heavy atom. The number of nitrogen functional groups attached to an aromatic ring is 1. The zero-order valence-electron chi connectivity index (χ0n) is 17.4. The number of likely N-dealkylation sites (tertiary alicyclic amines) is 1. The average Bonchev–Trinajstić information content (AvgIpc) is 3.38. The first-order chi connectivity index (χ1) is 15.2. The van der Waals surface area contributed by atoms with Crippen molar-refractivity contribution in [3.05, 3.63) is 82.5 Å². The van der Waals surface area contributed by atoms with Gasteiger partial charge in [0.1, 0.15) is 0 Å². The minimum absolute atomic E-state index is 0.101. The number of piperidine rings is 1. The summed E-state index contributed by atoms with van der Waals surface area (Å²) in [6.07, 6.45) is 4.77. The number of anilines is 1. The number of nitrogens with zero attached hydrogens (tertiary/aromatic N) is 2. The van der Waals surface area contributed by atoms with Crippen LogP contribution in [0.3, 0.4) is 0 Å². The lowest BCUT2D eigenvalue weighted by Gasteiger charge is -2.31. The van der Waals surface area contributed by atoms with Crippen LogP contribution in [0.4, 0.5) is 5.13 Å². The topological polar surface area (TPSA) is 75.0 Å². The number of ketones is 1. The van der Waals surface area contributed by atoms with Gasteiger partial charge in [-0.25, -0.2) is 4.98 Å². The van der Waals surface area contributed by atoms with Crippen LogP contribution in [0.1, 0.15) is 45.3 Å². The molecule has 6 heteroatoms. The molecule has 3 N–H and O–H groups in total. The molecule has 2 aromatic heterocycles. The number of Topliss-reactive ketones (excluding diaryl/α,β-unsaturated/α-hetero) is 1. The van der Waals surface area contributed by atoms with E-state index in [9.17, 15) is 4.79 Å². The molecular formula is C25H26N4OS. The predicted octanol–water partition coefficient (Wildman–Crippen LogP) is 5.01. The molecule has 0 unspecified atom stereocenters. The molecular weight excluding hydrogens is 404 g/mol. The molecule has 0 atom stereocenters. The molecule has 3 heterocycles. The van der Waals surface area contributed by atoms with E-state index in [-0.39, 0.29) is 5.78 Å². The quantitative estimate of drug-likeness (QED) is 0.422. The van der Waals surface area contributed by atoms with Crippen LogP contribution in [0.5, 0.6) is 0 Å². The van der Waals surface area contributed by atoms with Crippen molar-refractivity contribution in [1.29, 1.82) is 0 Å². The Kier molecular flexibility index (Phi) is 5.57. The van der Waals surface area contributed by atoms with Gasteiger partial charge in [0.15, 0.2) is 10.9 Å². The Morgan fingerprint density at radius 2 is 1.84 bits per heavy atom. The lowest BCUT2D eigenvalue weighted by Crippen LogP contribution is -2.33. The van der Waals surface area contributed by atoms with E-state index in [0.29, 0.717) is 28.9 Å². The number of nitrogens with one attached hydrogen (secondary N) is 1. The molecule has 0 spiro atoms. The zero-order chi connectivity index (χ0) is 21.2. The monoisotopic (exact) mass is 430 g/mol. The van der Waals surface area contributed by atoms with Gasteiger partial charge >= 0.3 is 0 Å². The second-order valence-corrected chi connectivity index (χ2v) is 9.28. The maximum atomic E-state index is 12.9. The predicted molar refractivity (Wildman–Crippen MR) is 127 cm³/mol. The van der Waals surface area contributed by atoms with Gasteiger partial charge in [0, 0.05) is 30.1 Å². The third-order valence-corrected chi connectivity index (χ3v) is 7.16. The first kappa shape index (κ1) is 20.0. The van der Waals surface area contributed by atoms with Gasteiger partial charge in [0.25, 0.3) is 0 Å². The summed E-state index contributed by atoms with van der Waals surface area (Å²) in [4.78, 5) is 23.9. The van der Waals surface area contributed by atoms with Gasteiger partial charge in [-0.3, -0.25) is 9.69 Å². The van der Waals surface area contributed by atoms with Crippen molar-refractivity contribution in [1.82, 2.24) is 14.9 Å². The van der Waals surface area contributed by atoms with Crippen molar-refractivity contribution in [2.75, 3.05) is 18.8 Å². The van der Waals surface area contributed by atoms with Crippen LogP contribution < -0.4 is 5.73 Å². The molecule has 158 valence electrons. The van der Waals surface area contributed by atoms with Crippen LogP contribution >= 0.6 is 11.3 Å². The van der Waals surface area contributed by atoms with Crippen LogP contribution in [0.25, 0.3) is 10.9 Å². The van der Waals surface area contributed by atoms with Gasteiger partial charge < -0.3 is 10.7 Å². The largest absolute Gasteiger partial charge is 0.375 e. The van der Waals surface area contributed by atoms with E-state index in [4.69, 9.17) is 5.73 Å². The molecule has 1 aliphatic rings. The number of para-hydroxylation sites is 1. The highest BCUT2D eigenvalue weighted by molar-refractivity contribution is 7.17. The summed E-state index contributed by atoms with van der Waals surface area (Å²) in [6, 6.07) is 18.4. The van der Waals surface area contributed by atoms with Gasteiger partial charge in [0.2, 0.25) is 0 Å². The first-order valence-corrected chi connectivity index (χ1v) is 11.6.